The second-order valence-corrected chi connectivity index (χ2v) is 3.39. The summed E-state index contributed by atoms with van der Waals surface area (Å²) in [5.74, 6) is 0.407. The van der Waals surface area contributed by atoms with Gasteiger partial charge in [-0.05, 0) is 35.9 Å². The first-order chi connectivity index (χ1) is 7.70. The van der Waals surface area contributed by atoms with E-state index in [0.717, 1.165) is 11.3 Å². The van der Waals surface area contributed by atoms with Gasteiger partial charge in [0, 0.05) is 5.57 Å². The molecule has 1 aliphatic rings. The van der Waals surface area contributed by atoms with Gasteiger partial charge in [0.05, 0.1) is 7.11 Å². The van der Waals surface area contributed by atoms with Gasteiger partial charge in [0.25, 0.3) is 0 Å². The van der Waals surface area contributed by atoms with Gasteiger partial charge in [-0.25, -0.2) is 0 Å². The van der Waals surface area contributed by atoms with Gasteiger partial charge in [0.15, 0.2) is 11.6 Å². The Labute approximate surface area is 93.0 Å². The molecule has 0 saturated heterocycles. The molecule has 0 unspecified atom stereocenters. The first kappa shape index (κ1) is 10.4. The molecule has 80 valence electrons. The summed E-state index contributed by atoms with van der Waals surface area (Å²) >= 11 is 0. The van der Waals surface area contributed by atoms with E-state index >= 15 is 0 Å². The van der Waals surface area contributed by atoms with Crippen LogP contribution in [0.1, 0.15) is 5.56 Å². The van der Waals surface area contributed by atoms with E-state index in [-0.39, 0.29) is 11.6 Å². The Kier molecular flexibility index (Phi) is 2.68. The predicted molar refractivity (Wildman–Crippen MR) is 60.1 cm³/mol. The molecule has 2 rings (SSSR count). The molecule has 3 nitrogen and oxygen atoms in total. The lowest BCUT2D eigenvalue weighted by atomic mass is 9.96. The van der Waals surface area contributed by atoms with E-state index in [4.69, 9.17) is 4.74 Å². The summed E-state index contributed by atoms with van der Waals surface area (Å²) in [5, 5.41) is 0. The molecule has 0 aromatic heterocycles. The topological polar surface area (TPSA) is 43.4 Å². The van der Waals surface area contributed by atoms with Crippen LogP contribution < -0.4 is 4.74 Å². The van der Waals surface area contributed by atoms with Gasteiger partial charge in [-0.3, -0.25) is 9.59 Å². The Morgan fingerprint density at radius 2 is 1.69 bits per heavy atom. The van der Waals surface area contributed by atoms with Gasteiger partial charge in [-0.1, -0.05) is 12.1 Å². The maximum Gasteiger partial charge on any atom is 0.186 e. The lowest BCUT2D eigenvalue weighted by Gasteiger charge is -2.07. The number of carbonyl (C=O) groups excluding carboxylic acids is 2. The average Bonchev–Trinajstić information content (AvgIpc) is 2.32. The van der Waals surface area contributed by atoms with Crippen LogP contribution in [-0.2, 0) is 9.59 Å². The highest BCUT2D eigenvalue weighted by Crippen LogP contribution is 2.21. The van der Waals surface area contributed by atoms with Crippen LogP contribution in [0.25, 0.3) is 5.57 Å². The quantitative estimate of drug-likeness (QED) is 0.705. The van der Waals surface area contributed by atoms with E-state index in [1.54, 1.807) is 31.4 Å². The predicted octanol–water partition coefficient (Wildman–Crippen LogP) is 1.79. The van der Waals surface area contributed by atoms with Crippen LogP contribution in [0.4, 0.5) is 0 Å². The Morgan fingerprint density at radius 1 is 1.00 bits per heavy atom. The fraction of sp³-hybridized carbons (Fsp3) is 0.0769. The number of allylic oxidation sites excluding steroid dienone is 4. The van der Waals surface area contributed by atoms with E-state index in [9.17, 15) is 9.59 Å². The van der Waals surface area contributed by atoms with Gasteiger partial charge in [-0.2, -0.15) is 0 Å². The van der Waals surface area contributed by atoms with Crippen LogP contribution in [0.2, 0.25) is 0 Å². The van der Waals surface area contributed by atoms with E-state index in [1.165, 1.54) is 18.2 Å². The van der Waals surface area contributed by atoms with Gasteiger partial charge in [0.2, 0.25) is 0 Å². The van der Waals surface area contributed by atoms with Crippen molar-refractivity contribution in [1.82, 2.24) is 0 Å². The minimum atomic E-state index is -0.162. The van der Waals surface area contributed by atoms with Crippen molar-refractivity contribution in [1.29, 1.82) is 0 Å². The molecule has 3 heteroatoms. The van der Waals surface area contributed by atoms with Crippen molar-refractivity contribution in [3.8, 4) is 5.75 Å². The number of hydrogen-bond donors (Lipinski definition) is 0. The van der Waals surface area contributed by atoms with Gasteiger partial charge >= 0.3 is 0 Å². The lowest BCUT2D eigenvalue weighted by Crippen LogP contribution is -2.06. The van der Waals surface area contributed by atoms with E-state index in [1.807, 2.05) is 0 Å². The zero-order valence-electron chi connectivity index (χ0n) is 8.77. The Bertz CT molecular complexity index is 492. The lowest BCUT2D eigenvalue weighted by molar-refractivity contribution is -0.113. The highest BCUT2D eigenvalue weighted by Gasteiger charge is 2.14. The van der Waals surface area contributed by atoms with E-state index in [0.29, 0.717) is 5.57 Å². The summed E-state index contributed by atoms with van der Waals surface area (Å²) in [6.45, 7) is 0. The second-order valence-electron chi connectivity index (χ2n) is 3.39. The fourth-order valence-electron chi connectivity index (χ4n) is 1.51. The Balaban J connectivity index is 2.36. The minimum absolute atomic E-state index is 0.148. The molecule has 0 amide bonds. The van der Waals surface area contributed by atoms with Crippen molar-refractivity contribution in [2.24, 2.45) is 0 Å². The second kappa shape index (κ2) is 4.14. The number of methoxy groups -OCH3 is 1. The number of rotatable bonds is 2. The Morgan fingerprint density at radius 3 is 2.31 bits per heavy atom. The Hall–Kier alpha value is -2.16. The molecule has 16 heavy (non-hydrogen) atoms. The summed E-state index contributed by atoms with van der Waals surface area (Å²) in [7, 11) is 1.58. The van der Waals surface area contributed by atoms with Crippen molar-refractivity contribution in [2.45, 2.75) is 0 Å². The molecule has 0 fully saturated rings. The summed E-state index contributed by atoms with van der Waals surface area (Å²) < 4.78 is 5.02. The van der Waals surface area contributed by atoms with Crippen LogP contribution in [-0.4, -0.2) is 18.7 Å². The van der Waals surface area contributed by atoms with Crippen LogP contribution in [0.5, 0.6) is 5.75 Å². The first-order valence-electron chi connectivity index (χ1n) is 4.83. The molecular formula is C13H10O3. The SMILES string of the molecule is COc1ccc(C2=CC(=O)C=CC2=O)cc1. The third kappa shape index (κ3) is 1.93. The third-order valence-electron chi connectivity index (χ3n) is 2.35. The number of ketones is 2. The van der Waals surface area contributed by atoms with Crippen molar-refractivity contribution in [2.75, 3.05) is 7.11 Å². The van der Waals surface area contributed by atoms with Crippen molar-refractivity contribution < 1.29 is 14.3 Å². The zero-order chi connectivity index (χ0) is 11.5. The standard InChI is InChI=1S/C13H10O3/c1-16-11-5-2-9(3-6-11)12-8-10(14)4-7-13(12)15/h2-8H,1H3. The summed E-state index contributed by atoms with van der Waals surface area (Å²) in [6.07, 6.45) is 3.92. The van der Waals surface area contributed by atoms with Gasteiger partial charge in [-0.15, -0.1) is 0 Å². The van der Waals surface area contributed by atoms with Crippen LogP contribution in [0.15, 0.2) is 42.5 Å². The first-order valence-corrected chi connectivity index (χ1v) is 4.83. The molecule has 1 aromatic carbocycles. The summed E-state index contributed by atoms with van der Waals surface area (Å²) in [6, 6.07) is 7.03. The maximum absolute atomic E-state index is 11.6. The highest BCUT2D eigenvalue weighted by molar-refractivity contribution is 6.33. The molecule has 0 aliphatic heterocycles. The van der Waals surface area contributed by atoms with Crippen molar-refractivity contribution in [3.63, 3.8) is 0 Å². The number of ether oxygens (including phenoxy) is 1. The van der Waals surface area contributed by atoms with E-state index in [2.05, 4.69) is 0 Å². The molecule has 0 radical (unpaired) electrons. The van der Waals surface area contributed by atoms with Crippen molar-refractivity contribution in [3.05, 3.63) is 48.1 Å². The number of benzene rings is 1. The monoisotopic (exact) mass is 214 g/mol. The summed E-state index contributed by atoms with van der Waals surface area (Å²) in [5.41, 5.74) is 1.15. The molecule has 0 bridgehead atoms. The van der Waals surface area contributed by atoms with E-state index < -0.39 is 0 Å². The number of hydrogen-bond acceptors (Lipinski definition) is 3. The molecule has 0 N–H and O–H groups in total. The largest absolute Gasteiger partial charge is 0.497 e. The molecule has 1 aliphatic carbocycles. The van der Waals surface area contributed by atoms with Gasteiger partial charge in [0.1, 0.15) is 5.75 Å². The van der Waals surface area contributed by atoms with Crippen molar-refractivity contribution >= 4 is 17.1 Å². The smallest absolute Gasteiger partial charge is 0.186 e. The molecule has 0 atom stereocenters. The third-order valence-corrected chi connectivity index (χ3v) is 2.35. The normalized spacial score (nSPS) is 14.9. The molecule has 1 aromatic rings. The fourth-order valence-corrected chi connectivity index (χ4v) is 1.51. The number of carbonyl (C=O) groups is 2. The molecule has 0 saturated carbocycles. The van der Waals surface area contributed by atoms with Gasteiger partial charge < -0.3 is 4.74 Å². The van der Waals surface area contributed by atoms with Crippen LogP contribution in [0, 0.1) is 0 Å². The highest BCUT2D eigenvalue weighted by atomic mass is 16.5. The van der Waals surface area contributed by atoms with Crippen LogP contribution in [0.3, 0.4) is 0 Å². The molecule has 0 spiro atoms. The maximum atomic E-state index is 11.6. The van der Waals surface area contributed by atoms with Crippen LogP contribution >= 0.6 is 0 Å². The molecule has 0 heterocycles. The zero-order valence-corrected chi connectivity index (χ0v) is 8.77. The average molecular weight is 214 g/mol. The minimum Gasteiger partial charge on any atom is -0.497 e. The summed E-state index contributed by atoms with van der Waals surface area (Å²) in [4.78, 5) is 22.7. The molecular weight excluding hydrogens is 204 g/mol.